The predicted molar refractivity (Wildman–Crippen MR) is 125 cm³/mol. The van der Waals surface area contributed by atoms with Crippen LogP contribution in [0.5, 0.6) is 5.75 Å². The minimum absolute atomic E-state index is 0.236. The van der Waals surface area contributed by atoms with E-state index in [0.29, 0.717) is 13.0 Å². The number of carbonyl (C=O) groups excluding carboxylic acids is 1. The molecular formula is C27H30N2O2. The summed E-state index contributed by atoms with van der Waals surface area (Å²) in [4.78, 5) is 16.9. The van der Waals surface area contributed by atoms with Crippen molar-refractivity contribution in [3.05, 3.63) is 84.2 Å². The first-order valence-corrected chi connectivity index (χ1v) is 11.3. The lowest BCUT2D eigenvalue weighted by atomic mass is 9.98. The maximum atomic E-state index is 12.6. The van der Waals surface area contributed by atoms with Crippen molar-refractivity contribution in [2.24, 2.45) is 5.92 Å². The van der Waals surface area contributed by atoms with Gasteiger partial charge in [0.2, 0.25) is 0 Å². The number of ether oxygens (including phenoxy) is 1. The minimum Gasteiger partial charge on any atom is -0.487 e. The number of benzene rings is 2. The zero-order valence-corrected chi connectivity index (χ0v) is 17.9. The lowest BCUT2D eigenvalue weighted by Gasteiger charge is -2.11. The van der Waals surface area contributed by atoms with Gasteiger partial charge in [0.15, 0.2) is 5.78 Å². The molecule has 1 saturated carbocycles. The molecule has 0 spiro atoms. The van der Waals surface area contributed by atoms with E-state index in [1.54, 1.807) is 6.20 Å². The molecule has 0 bridgehead atoms. The zero-order chi connectivity index (χ0) is 21.3. The number of nitrogens with zero attached hydrogens (tertiary/aromatic N) is 1. The van der Waals surface area contributed by atoms with E-state index in [2.05, 4.69) is 10.3 Å². The molecule has 0 amide bonds. The highest BCUT2D eigenvalue weighted by Crippen LogP contribution is 2.29. The first-order valence-electron chi connectivity index (χ1n) is 11.3. The van der Waals surface area contributed by atoms with Crippen molar-refractivity contribution in [3.63, 3.8) is 0 Å². The minimum atomic E-state index is 0.236. The van der Waals surface area contributed by atoms with E-state index < -0.39 is 0 Å². The van der Waals surface area contributed by atoms with Crippen molar-refractivity contribution in [1.82, 2.24) is 4.98 Å². The Morgan fingerprint density at radius 1 is 0.968 bits per heavy atom. The quantitative estimate of drug-likeness (QED) is 0.365. The molecule has 31 heavy (non-hydrogen) atoms. The maximum absolute atomic E-state index is 12.6. The molecule has 1 aliphatic rings. The van der Waals surface area contributed by atoms with Gasteiger partial charge in [0.05, 0.1) is 5.69 Å². The second-order valence-electron chi connectivity index (χ2n) is 8.31. The van der Waals surface area contributed by atoms with Crippen LogP contribution in [0, 0.1) is 5.92 Å². The average molecular weight is 415 g/mol. The maximum Gasteiger partial charge on any atom is 0.162 e. The number of anilines is 2. The van der Waals surface area contributed by atoms with Crippen LogP contribution >= 0.6 is 0 Å². The predicted octanol–water partition coefficient (Wildman–Crippen LogP) is 6.95. The van der Waals surface area contributed by atoms with Crippen LogP contribution in [-0.4, -0.2) is 10.8 Å². The van der Waals surface area contributed by atoms with E-state index in [1.807, 2.05) is 66.7 Å². The normalized spacial score (nSPS) is 13.8. The fourth-order valence-corrected chi connectivity index (χ4v) is 4.21. The number of hydrogen-bond acceptors (Lipinski definition) is 4. The van der Waals surface area contributed by atoms with Gasteiger partial charge in [0, 0.05) is 29.6 Å². The first-order chi connectivity index (χ1) is 15.3. The summed E-state index contributed by atoms with van der Waals surface area (Å²) >= 11 is 0. The van der Waals surface area contributed by atoms with Gasteiger partial charge in [0.25, 0.3) is 0 Å². The SMILES string of the molecule is O=C(CCCC1CCCC1)c1cccc(Nc2ccc(OCc3ccccn3)cc2)c1. The lowest BCUT2D eigenvalue weighted by molar-refractivity contribution is 0.0977. The van der Waals surface area contributed by atoms with Gasteiger partial charge in [-0.15, -0.1) is 0 Å². The molecule has 0 unspecified atom stereocenters. The highest BCUT2D eigenvalue weighted by Gasteiger charge is 2.15. The molecule has 0 saturated heterocycles. The standard InChI is InChI=1S/C27H30N2O2/c30-27(13-5-9-21-7-1-2-8-21)22-10-6-12-24(19-22)29-23-14-16-26(17-15-23)31-20-25-11-3-4-18-28-25/h3-4,6,10-12,14-19,21,29H,1-2,5,7-9,13,20H2. The highest BCUT2D eigenvalue weighted by atomic mass is 16.5. The van der Waals surface area contributed by atoms with Gasteiger partial charge in [-0.3, -0.25) is 9.78 Å². The third-order valence-electron chi connectivity index (χ3n) is 5.93. The zero-order valence-electron chi connectivity index (χ0n) is 17.9. The van der Waals surface area contributed by atoms with Gasteiger partial charge < -0.3 is 10.1 Å². The van der Waals surface area contributed by atoms with Crippen LogP contribution in [0.2, 0.25) is 0 Å². The Labute approximate surface area is 184 Å². The molecule has 4 rings (SSSR count). The summed E-state index contributed by atoms with van der Waals surface area (Å²) < 4.78 is 5.79. The number of carbonyl (C=O) groups is 1. The second-order valence-corrected chi connectivity index (χ2v) is 8.31. The Morgan fingerprint density at radius 3 is 2.58 bits per heavy atom. The summed E-state index contributed by atoms with van der Waals surface area (Å²) in [5.74, 6) is 1.87. The number of aromatic nitrogens is 1. The van der Waals surface area contributed by atoms with Gasteiger partial charge in [-0.05, 0) is 60.9 Å². The first kappa shape index (κ1) is 21.1. The number of hydrogen-bond donors (Lipinski definition) is 1. The lowest BCUT2D eigenvalue weighted by Crippen LogP contribution is -2.02. The van der Waals surface area contributed by atoms with E-state index in [1.165, 1.54) is 32.1 Å². The molecule has 1 N–H and O–H groups in total. The van der Waals surface area contributed by atoms with Crippen LogP contribution in [0.4, 0.5) is 11.4 Å². The summed E-state index contributed by atoms with van der Waals surface area (Å²) in [5, 5.41) is 3.38. The molecule has 1 aromatic heterocycles. The Hall–Kier alpha value is -3.14. The number of pyridine rings is 1. The molecule has 3 aromatic rings. The summed E-state index contributed by atoms with van der Waals surface area (Å²) in [6.07, 6.45) is 10.0. The van der Waals surface area contributed by atoms with Crippen molar-refractivity contribution < 1.29 is 9.53 Å². The Morgan fingerprint density at radius 2 is 1.81 bits per heavy atom. The average Bonchev–Trinajstić information content (AvgIpc) is 3.33. The van der Waals surface area contributed by atoms with Crippen LogP contribution < -0.4 is 10.1 Å². The fraction of sp³-hybridized carbons (Fsp3) is 0.333. The van der Waals surface area contributed by atoms with Crippen molar-refractivity contribution >= 4 is 17.2 Å². The molecule has 2 aromatic carbocycles. The molecule has 4 nitrogen and oxygen atoms in total. The van der Waals surface area contributed by atoms with Crippen LogP contribution in [0.15, 0.2) is 72.9 Å². The van der Waals surface area contributed by atoms with Crippen molar-refractivity contribution in [2.75, 3.05) is 5.32 Å². The van der Waals surface area contributed by atoms with Crippen molar-refractivity contribution in [3.8, 4) is 5.75 Å². The van der Waals surface area contributed by atoms with Gasteiger partial charge in [-0.2, -0.15) is 0 Å². The van der Waals surface area contributed by atoms with Crippen molar-refractivity contribution in [1.29, 1.82) is 0 Å². The fourth-order valence-electron chi connectivity index (χ4n) is 4.21. The summed E-state index contributed by atoms with van der Waals surface area (Å²) in [6.45, 7) is 0.443. The van der Waals surface area contributed by atoms with E-state index >= 15 is 0 Å². The number of Topliss-reactive ketones (excluding diaryl/α,β-unsaturated/α-hetero) is 1. The Kier molecular flexibility index (Phi) is 7.32. The van der Waals surface area contributed by atoms with E-state index in [0.717, 1.165) is 40.7 Å². The van der Waals surface area contributed by atoms with E-state index in [-0.39, 0.29) is 5.78 Å². The van der Waals surface area contributed by atoms with E-state index in [9.17, 15) is 4.79 Å². The van der Waals surface area contributed by atoms with Gasteiger partial charge >= 0.3 is 0 Å². The molecular weight excluding hydrogens is 384 g/mol. The van der Waals surface area contributed by atoms with Crippen LogP contribution in [0.25, 0.3) is 0 Å². The highest BCUT2D eigenvalue weighted by molar-refractivity contribution is 5.97. The van der Waals surface area contributed by atoms with Gasteiger partial charge in [0.1, 0.15) is 12.4 Å². The van der Waals surface area contributed by atoms with Gasteiger partial charge in [-0.1, -0.05) is 50.3 Å². The molecule has 1 fully saturated rings. The summed E-state index contributed by atoms with van der Waals surface area (Å²) in [6, 6.07) is 21.4. The third kappa shape index (κ3) is 6.42. The molecule has 0 atom stereocenters. The van der Waals surface area contributed by atoms with E-state index in [4.69, 9.17) is 4.74 Å². The molecule has 0 radical (unpaired) electrons. The Bertz CT molecular complexity index is 964. The number of ketones is 1. The van der Waals surface area contributed by atoms with Crippen molar-refractivity contribution in [2.45, 2.75) is 51.6 Å². The monoisotopic (exact) mass is 414 g/mol. The third-order valence-corrected chi connectivity index (χ3v) is 5.93. The second kappa shape index (κ2) is 10.8. The van der Waals surface area contributed by atoms with Crippen LogP contribution in [0.3, 0.4) is 0 Å². The molecule has 0 aliphatic heterocycles. The summed E-state index contributed by atoms with van der Waals surface area (Å²) in [7, 11) is 0. The van der Waals surface area contributed by atoms with Crippen LogP contribution in [-0.2, 0) is 6.61 Å². The van der Waals surface area contributed by atoms with Crippen LogP contribution in [0.1, 0.15) is 61.0 Å². The van der Waals surface area contributed by atoms with Gasteiger partial charge in [-0.25, -0.2) is 0 Å². The topological polar surface area (TPSA) is 51.2 Å². The smallest absolute Gasteiger partial charge is 0.162 e. The molecule has 1 aliphatic carbocycles. The molecule has 160 valence electrons. The summed E-state index contributed by atoms with van der Waals surface area (Å²) in [5.41, 5.74) is 3.56. The largest absolute Gasteiger partial charge is 0.487 e. The Balaban J connectivity index is 1.28. The molecule has 1 heterocycles. The molecule has 4 heteroatoms. The number of rotatable bonds is 10. The number of nitrogens with one attached hydrogen (secondary N) is 1.